The van der Waals surface area contributed by atoms with Crippen molar-refractivity contribution >= 4 is 39.2 Å². The fraction of sp³-hybridized carbons (Fsp3) is 0.556. The average Bonchev–Trinajstić information content (AvgIpc) is 3.39. The molecule has 9 heteroatoms. The van der Waals surface area contributed by atoms with Crippen LogP contribution in [0.15, 0.2) is 23.1 Å². The number of ether oxygens (including phenoxy) is 1. The van der Waals surface area contributed by atoms with E-state index in [0.29, 0.717) is 19.0 Å². The Labute approximate surface area is 164 Å². The average molecular weight is 415 g/mol. The summed E-state index contributed by atoms with van der Waals surface area (Å²) in [7, 11) is -3.72. The van der Waals surface area contributed by atoms with Gasteiger partial charge in [0.05, 0.1) is 10.9 Å². The molecule has 1 heterocycles. The number of halogens is 1. The van der Waals surface area contributed by atoms with Crippen molar-refractivity contribution in [1.82, 2.24) is 4.31 Å². The van der Waals surface area contributed by atoms with Crippen molar-refractivity contribution < 1.29 is 22.7 Å². The summed E-state index contributed by atoms with van der Waals surface area (Å²) in [6.07, 6.45) is 3.43. The largest absolute Gasteiger partial charge is 0.455 e. The number of hydrogen-bond acceptors (Lipinski definition) is 5. The van der Waals surface area contributed by atoms with Crippen molar-refractivity contribution in [3.8, 4) is 0 Å². The van der Waals surface area contributed by atoms with Crippen LogP contribution in [0.5, 0.6) is 0 Å². The van der Waals surface area contributed by atoms with Crippen molar-refractivity contribution in [2.24, 2.45) is 11.8 Å². The van der Waals surface area contributed by atoms with Crippen LogP contribution in [-0.2, 0) is 24.3 Å². The molecule has 27 heavy (non-hydrogen) atoms. The number of amides is 1. The van der Waals surface area contributed by atoms with Crippen LogP contribution >= 0.6 is 11.6 Å². The van der Waals surface area contributed by atoms with Crippen LogP contribution in [0.1, 0.15) is 32.6 Å². The van der Waals surface area contributed by atoms with E-state index in [2.05, 4.69) is 5.32 Å². The molecule has 148 valence electrons. The van der Waals surface area contributed by atoms with Gasteiger partial charge in [-0.05, 0) is 43.4 Å². The van der Waals surface area contributed by atoms with Gasteiger partial charge in [0.25, 0.3) is 5.91 Å². The predicted octanol–water partition coefficient (Wildman–Crippen LogP) is 2.65. The summed E-state index contributed by atoms with van der Waals surface area (Å²) in [5.41, 5.74) is 0.288. The third kappa shape index (κ3) is 4.80. The maximum absolute atomic E-state index is 12.8. The second-order valence-electron chi connectivity index (χ2n) is 7.09. The Morgan fingerprint density at radius 1 is 1.26 bits per heavy atom. The van der Waals surface area contributed by atoms with Crippen molar-refractivity contribution in [1.29, 1.82) is 0 Å². The molecule has 1 saturated heterocycles. The Kier molecular flexibility index (Phi) is 6.08. The summed E-state index contributed by atoms with van der Waals surface area (Å²) in [4.78, 5) is 23.6. The van der Waals surface area contributed by atoms with Crippen molar-refractivity contribution in [2.45, 2.75) is 37.5 Å². The molecule has 0 radical (unpaired) electrons. The number of hydrogen-bond donors (Lipinski definition) is 1. The molecule has 0 unspecified atom stereocenters. The van der Waals surface area contributed by atoms with Crippen LogP contribution in [0.2, 0.25) is 5.02 Å². The Bertz CT molecular complexity index is 836. The van der Waals surface area contributed by atoms with E-state index in [4.69, 9.17) is 16.3 Å². The number of sulfonamides is 1. The molecule has 0 spiro atoms. The van der Waals surface area contributed by atoms with E-state index in [9.17, 15) is 18.0 Å². The number of piperidine rings is 1. The number of benzene rings is 1. The van der Waals surface area contributed by atoms with Gasteiger partial charge in [-0.3, -0.25) is 9.59 Å². The topological polar surface area (TPSA) is 92.8 Å². The second-order valence-corrected chi connectivity index (χ2v) is 9.40. The van der Waals surface area contributed by atoms with Gasteiger partial charge in [0.1, 0.15) is 4.90 Å². The summed E-state index contributed by atoms with van der Waals surface area (Å²) in [5.74, 6) is -0.712. The van der Waals surface area contributed by atoms with Gasteiger partial charge in [0, 0.05) is 18.8 Å². The predicted molar refractivity (Wildman–Crippen MR) is 101 cm³/mol. The Morgan fingerprint density at radius 3 is 2.56 bits per heavy atom. The van der Waals surface area contributed by atoms with Gasteiger partial charge >= 0.3 is 5.97 Å². The van der Waals surface area contributed by atoms with E-state index in [1.807, 2.05) is 6.92 Å². The van der Waals surface area contributed by atoms with Gasteiger partial charge in [0.15, 0.2) is 6.61 Å². The van der Waals surface area contributed by atoms with E-state index < -0.39 is 22.5 Å². The Hall–Kier alpha value is -1.64. The van der Waals surface area contributed by atoms with Crippen LogP contribution in [0.3, 0.4) is 0 Å². The van der Waals surface area contributed by atoms with Crippen LogP contribution < -0.4 is 5.32 Å². The quantitative estimate of drug-likeness (QED) is 0.722. The molecule has 2 aliphatic rings. The summed E-state index contributed by atoms with van der Waals surface area (Å²) >= 11 is 6.11. The molecule has 1 saturated carbocycles. The van der Waals surface area contributed by atoms with E-state index in [-0.39, 0.29) is 27.5 Å². The molecule has 3 rings (SSSR count). The van der Waals surface area contributed by atoms with Gasteiger partial charge in [-0.1, -0.05) is 24.9 Å². The van der Waals surface area contributed by atoms with E-state index in [0.717, 1.165) is 25.7 Å². The molecular weight excluding hydrogens is 392 g/mol. The van der Waals surface area contributed by atoms with Gasteiger partial charge in [-0.15, -0.1) is 0 Å². The highest BCUT2D eigenvalue weighted by molar-refractivity contribution is 7.89. The lowest BCUT2D eigenvalue weighted by molar-refractivity contribution is -0.148. The number of carbonyl (C=O) groups is 2. The minimum Gasteiger partial charge on any atom is -0.455 e. The highest BCUT2D eigenvalue weighted by Gasteiger charge is 2.40. The first-order valence-corrected chi connectivity index (χ1v) is 10.9. The Balaban J connectivity index is 1.65. The normalized spacial score (nSPS) is 22.9. The third-order valence-electron chi connectivity index (χ3n) is 4.91. The number of nitrogens with zero attached hydrogens (tertiary/aromatic N) is 1. The third-order valence-corrected chi connectivity index (χ3v) is 7.29. The van der Waals surface area contributed by atoms with E-state index >= 15 is 0 Å². The Morgan fingerprint density at radius 2 is 1.93 bits per heavy atom. The maximum Gasteiger partial charge on any atom is 0.309 e. The summed E-state index contributed by atoms with van der Waals surface area (Å²) in [6, 6.07) is 4.29. The maximum atomic E-state index is 12.8. The minimum absolute atomic E-state index is 0.0346. The van der Waals surface area contributed by atoms with Crippen molar-refractivity contribution in [3.05, 3.63) is 23.2 Å². The van der Waals surface area contributed by atoms with Crippen molar-refractivity contribution in [2.75, 3.05) is 25.0 Å². The van der Waals surface area contributed by atoms with Crippen LogP contribution in [-0.4, -0.2) is 44.3 Å². The highest BCUT2D eigenvalue weighted by atomic mass is 35.5. The lowest BCUT2D eigenvalue weighted by Crippen LogP contribution is -2.35. The molecule has 1 N–H and O–H groups in total. The smallest absolute Gasteiger partial charge is 0.309 e. The monoisotopic (exact) mass is 414 g/mol. The molecule has 1 aromatic rings. The first-order valence-electron chi connectivity index (χ1n) is 9.05. The summed E-state index contributed by atoms with van der Waals surface area (Å²) < 4.78 is 32.1. The zero-order chi connectivity index (χ0) is 19.6. The molecular formula is C18H23ClN2O5S. The molecule has 1 amide bonds. The fourth-order valence-electron chi connectivity index (χ4n) is 3.11. The summed E-state index contributed by atoms with van der Waals surface area (Å²) in [5, 5.41) is 2.66. The molecule has 0 bridgehead atoms. The van der Waals surface area contributed by atoms with Crippen LogP contribution in [0.4, 0.5) is 5.69 Å². The first kappa shape index (κ1) is 20.1. The first-order chi connectivity index (χ1) is 12.8. The van der Waals surface area contributed by atoms with Gasteiger partial charge < -0.3 is 10.1 Å². The molecule has 1 aliphatic carbocycles. The number of rotatable bonds is 6. The van der Waals surface area contributed by atoms with Gasteiger partial charge in [-0.25, -0.2) is 8.42 Å². The number of carbonyl (C=O) groups excluding carboxylic acids is 2. The standard InChI is InChI=1S/C18H23ClN2O5S/c1-12-9-14(12)18(23)26-11-17(22)20-13-5-6-15(19)16(10-13)27(24,25)21-7-3-2-4-8-21/h5-6,10,12,14H,2-4,7-9,11H2,1H3,(H,20,22)/t12-,14+/m1/s1. The highest BCUT2D eigenvalue weighted by Crippen LogP contribution is 2.38. The van der Waals surface area contributed by atoms with E-state index in [1.54, 1.807) is 0 Å². The van der Waals surface area contributed by atoms with E-state index in [1.165, 1.54) is 22.5 Å². The number of nitrogens with one attached hydrogen (secondary N) is 1. The van der Waals surface area contributed by atoms with Gasteiger partial charge in [0.2, 0.25) is 10.0 Å². The van der Waals surface area contributed by atoms with Gasteiger partial charge in [-0.2, -0.15) is 4.31 Å². The lowest BCUT2D eigenvalue weighted by atomic mass is 10.2. The molecule has 1 aromatic carbocycles. The van der Waals surface area contributed by atoms with Crippen molar-refractivity contribution in [3.63, 3.8) is 0 Å². The molecule has 2 fully saturated rings. The second kappa shape index (κ2) is 8.16. The fourth-order valence-corrected chi connectivity index (χ4v) is 5.13. The lowest BCUT2D eigenvalue weighted by Gasteiger charge is -2.26. The van der Waals surface area contributed by atoms with Crippen LogP contribution in [0.25, 0.3) is 0 Å². The SMILES string of the molecule is C[C@@H]1C[C@@H]1C(=O)OCC(=O)Nc1ccc(Cl)c(S(=O)(=O)N2CCCCC2)c1. The summed E-state index contributed by atoms with van der Waals surface area (Å²) in [6.45, 7) is 2.47. The molecule has 1 aliphatic heterocycles. The number of anilines is 1. The zero-order valence-corrected chi connectivity index (χ0v) is 16.7. The molecule has 7 nitrogen and oxygen atoms in total. The van der Waals surface area contributed by atoms with Crippen LogP contribution in [0, 0.1) is 11.8 Å². The number of esters is 1. The zero-order valence-electron chi connectivity index (χ0n) is 15.1. The minimum atomic E-state index is -3.72. The molecule has 2 atom stereocenters. The molecule has 0 aromatic heterocycles.